The van der Waals surface area contributed by atoms with E-state index in [0.29, 0.717) is 18.6 Å². The molecule has 90 valence electrons. The second-order valence-electron chi connectivity index (χ2n) is 4.06. The van der Waals surface area contributed by atoms with Gasteiger partial charge in [-0.05, 0) is 31.0 Å². The lowest BCUT2D eigenvalue weighted by Gasteiger charge is -2.10. The Bertz CT molecular complexity index is 491. The molecule has 1 fully saturated rings. The normalized spacial score (nSPS) is 16.4. The van der Waals surface area contributed by atoms with Gasteiger partial charge in [-0.25, -0.2) is 0 Å². The fourth-order valence-corrected chi connectivity index (χ4v) is 1.98. The standard InChI is InChI=1S/C12H11ClO4/c1-17-7-2-3-8(9(13)6-7)10(14)12(4-5-12)11(15)16/h2-3,6H,4-5H2,1H3,(H,15,16). The molecule has 0 aromatic heterocycles. The summed E-state index contributed by atoms with van der Waals surface area (Å²) in [6, 6.07) is 4.61. The highest BCUT2D eigenvalue weighted by atomic mass is 35.5. The van der Waals surface area contributed by atoms with Crippen molar-refractivity contribution in [3.8, 4) is 5.75 Å². The van der Waals surface area contributed by atoms with Crippen LogP contribution in [0.15, 0.2) is 18.2 Å². The second kappa shape index (κ2) is 4.04. The number of carboxylic acid groups (broad SMARTS) is 1. The van der Waals surface area contributed by atoms with Crippen molar-refractivity contribution in [1.29, 1.82) is 0 Å². The van der Waals surface area contributed by atoms with Gasteiger partial charge in [-0.3, -0.25) is 9.59 Å². The third-order valence-electron chi connectivity index (χ3n) is 3.01. The van der Waals surface area contributed by atoms with Gasteiger partial charge in [0.1, 0.15) is 11.2 Å². The van der Waals surface area contributed by atoms with E-state index in [1.807, 2.05) is 0 Å². The minimum absolute atomic E-state index is 0.224. The van der Waals surface area contributed by atoms with E-state index in [1.165, 1.54) is 19.2 Å². The molecule has 1 aliphatic rings. The van der Waals surface area contributed by atoms with Crippen LogP contribution in [-0.2, 0) is 4.79 Å². The number of rotatable bonds is 4. The number of ketones is 1. The van der Waals surface area contributed by atoms with Crippen molar-refractivity contribution in [2.45, 2.75) is 12.8 Å². The van der Waals surface area contributed by atoms with Crippen molar-refractivity contribution in [3.05, 3.63) is 28.8 Å². The lowest BCUT2D eigenvalue weighted by Crippen LogP contribution is -2.25. The Hall–Kier alpha value is -1.55. The molecule has 17 heavy (non-hydrogen) atoms. The summed E-state index contributed by atoms with van der Waals surface area (Å²) in [4.78, 5) is 23.1. The Labute approximate surface area is 103 Å². The number of aliphatic carboxylic acids is 1. The summed E-state index contributed by atoms with van der Waals surface area (Å²) < 4.78 is 4.97. The zero-order chi connectivity index (χ0) is 12.6. The summed E-state index contributed by atoms with van der Waals surface area (Å²) in [5, 5.41) is 9.26. The molecule has 0 atom stereocenters. The molecular weight excluding hydrogens is 244 g/mol. The number of carbonyl (C=O) groups is 2. The smallest absolute Gasteiger partial charge is 0.317 e. The molecule has 4 nitrogen and oxygen atoms in total. The molecule has 0 radical (unpaired) electrons. The van der Waals surface area contributed by atoms with Gasteiger partial charge < -0.3 is 9.84 Å². The van der Waals surface area contributed by atoms with Gasteiger partial charge in [0.25, 0.3) is 0 Å². The van der Waals surface area contributed by atoms with Gasteiger partial charge in [0.2, 0.25) is 0 Å². The van der Waals surface area contributed by atoms with Gasteiger partial charge >= 0.3 is 5.97 Å². The van der Waals surface area contributed by atoms with Gasteiger partial charge in [0, 0.05) is 5.56 Å². The molecule has 0 spiro atoms. The summed E-state index contributed by atoms with van der Waals surface area (Å²) in [6.07, 6.45) is 0.757. The van der Waals surface area contributed by atoms with Crippen molar-refractivity contribution in [2.24, 2.45) is 5.41 Å². The third-order valence-corrected chi connectivity index (χ3v) is 3.33. The summed E-state index contributed by atoms with van der Waals surface area (Å²) in [6.45, 7) is 0. The first-order chi connectivity index (χ1) is 8.01. The quantitative estimate of drug-likeness (QED) is 0.662. The van der Waals surface area contributed by atoms with Crippen molar-refractivity contribution < 1.29 is 19.4 Å². The van der Waals surface area contributed by atoms with E-state index in [4.69, 9.17) is 21.4 Å². The van der Waals surface area contributed by atoms with E-state index in [9.17, 15) is 9.59 Å². The zero-order valence-corrected chi connectivity index (χ0v) is 9.95. The summed E-state index contributed by atoms with van der Waals surface area (Å²) >= 11 is 5.95. The Morgan fingerprint density at radius 1 is 1.41 bits per heavy atom. The molecule has 0 saturated heterocycles. The Kier molecular flexibility index (Phi) is 2.83. The van der Waals surface area contributed by atoms with Crippen LogP contribution in [0.5, 0.6) is 5.75 Å². The van der Waals surface area contributed by atoms with E-state index < -0.39 is 17.2 Å². The van der Waals surface area contributed by atoms with Crippen LogP contribution < -0.4 is 4.74 Å². The Balaban J connectivity index is 2.35. The molecular formula is C12H11ClO4. The molecule has 1 aromatic rings. The van der Waals surface area contributed by atoms with Crippen LogP contribution in [0.1, 0.15) is 23.2 Å². The van der Waals surface area contributed by atoms with Crippen LogP contribution in [0.4, 0.5) is 0 Å². The maximum absolute atomic E-state index is 12.1. The molecule has 0 bridgehead atoms. The highest BCUT2D eigenvalue weighted by Crippen LogP contribution is 2.49. The van der Waals surface area contributed by atoms with Crippen LogP contribution in [0.2, 0.25) is 5.02 Å². The first-order valence-corrected chi connectivity index (χ1v) is 5.51. The van der Waals surface area contributed by atoms with E-state index >= 15 is 0 Å². The number of hydrogen-bond donors (Lipinski definition) is 1. The van der Waals surface area contributed by atoms with Crippen LogP contribution in [0.3, 0.4) is 0 Å². The number of Topliss-reactive ketones (excluding diaryl/α,β-unsaturated/α-hetero) is 1. The minimum Gasteiger partial charge on any atom is -0.497 e. The lowest BCUT2D eigenvalue weighted by molar-refractivity contribution is -0.141. The van der Waals surface area contributed by atoms with Crippen molar-refractivity contribution in [3.63, 3.8) is 0 Å². The van der Waals surface area contributed by atoms with Gasteiger partial charge in [0.05, 0.1) is 12.1 Å². The van der Waals surface area contributed by atoms with Gasteiger partial charge in [-0.2, -0.15) is 0 Å². The number of methoxy groups -OCH3 is 1. The summed E-state index contributed by atoms with van der Waals surface area (Å²) in [7, 11) is 1.49. The van der Waals surface area contributed by atoms with Gasteiger partial charge in [0.15, 0.2) is 5.78 Å². The van der Waals surface area contributed by atoms with Gasteiger partial charge in [-0.15, -0.1) is 0 Å². The summed E-state index contributed by atoms with van der Waals surface area (Å²) in [5.74, 6) is -0.959. The lowest BCUT2D eigenvalue weighted by atomic mass is 9.95. The minimum atomic E-state index is -1.25. The highest BCUT2D eigenvalue weighted by molar-refractivity contribution is 6.35. The molecule has 2 rings (SSSR count). The average Bonchev–Trinajstić information content (AvgIpc) is 3.09. The number of halogens is 1. The van der Waals surface area contributed by atoms with Crippen molar-refractivity contribution in [2.75, 3.05) is 7.11 Å². The Morgan fingerprint density at radius 2 is 2.06 bits per heavy atom. The predicted octanol–water partition coefficient (Wildman–Crippen LogP) is 2.40. The number of hydrogen-bond acceptors (Lipinski definition) is 3. The number of carboxylic acids is 1. The molecule has 0 heterocycles. The van der Waals surface area contributed by atoms with Crippen LogP contribution in [0, 0.1) is 5.41 Å². The molecule has 0 unspecified atom stereocenters. The fraction of sp³-hybridized carbons (Fsp3) is 0.333. The average molecular weight is 255 g/mol. The molecule has 5 heteroatoms. The second-order valence-corrected chi connectivity index (χ2v) is 4.47. The van der Waals surface area contributed by atoms with E-state index in [1.54, 1.807) is 6.07 Å². The highest BCUT2D eigenvalue weighted by Gasteiger charge is 2.57. The van der Waals surface area contributed by atoms with E-state index in [-0.39, 0.29) is 10.6 Å². The number of carbonyl (C=O) groups excluding carboxylic acids is 1. The Morgan fingerprint density at radius 3 is 2.47 bits per heavy atom. The molecule has 1 aromatic carbocycles. The monoisotopic (exact) mass is 254 g/mol. The van der Waals surface area contributed by atoms with Crippen molar-refractivity contribution in [1.82, 2.24) is 0 Å². The van der Waals surface area contributed by atoms with E-state index in [0.717, 1.165) is 0 Å². The molecule has 1 N–H and O–H groups in total. The third kappa shape index (κ3) is 1.89. The fourth-order valence-electron chi connectivity index (χ4n) is 1.73. The van der Waals surface area contributed by atoms with E-state index in [2.05, 4.69) is 0 Å². The first kappa shape index (κ1) is 11.9. The molecule has 1 saturated carbocycles. The maximum atomic E-state index is 12.1. The maximum Gasteiger partial charge on any atom is 0.317 e. The van der Waals surface area contributed by atoms with Crippen LogP contribution in [0.25, 0.3) is 0 Å². The number of benzene rings is 1. The molecule has 0 amide bonds. The largest absolute Gasteiger partial charge is 0.497 e. The first-order valence-electron chi connectivity index (χ1n) is 5.13. The van der Waals surface area contributed by atoms with Crippen LogP contribution in [-0.4, -0.2) is 24.0 Å². The summed E-state index contributed by atoms with van der Waals surface area (Å²) in [5.41, 5.74) is -1.01. The molecule has 0 aliphatic heterocycles. The topological polar surface area (TPSA) is 63.6 Å². The SMILES string of the molecule is COc1ccc(C(=O)C2(C(=O)O)CC2)c(Cl)c1. The zero-order valence-electron chi connectivity index (χ0n) is 9.20. The van der Waals surface area contributed by atoms with Gasteiger partial charge in [-0.1, -0.05) is 11.6 Å². The van der Waals surface area contributed by atoms with Crippen molar-refractivity contribution >= 4 is 23.4 Å². The number of ether oxygens (including phenoxy) is 1. The van der Waals surface area contributed by atoms with Crippen LogP contribution >= 0.6 is 11.6 Å². The predicted molar refractivity (Wildman–Crippen MR) is 61.6 cm³/mol. The molecule has 1 aliphatic carbocycles.